The Morgan fingerprint density at radius 3 is 2.44 bits per heavy atom. The number of rotatable bonds is 3. The Bertz CT molecular complexity index is 1140. The lowest BCUT2D eigenvalue weighted by Gasteiger charge is -2.13. The second kappa shape index (κ2) is 7.29. The Kier molecular flexibility index (Phi) is 4.69. The lowest BCUT2D eigenvalue weighted by atomic mass is 10.0. The van der Waals surface area contributed by atoms with E-state index in [0.717, 1.165) is 26.7 Å². The number of nitrogens with one attached hydrogen (secondary N) is 1. The van der Waals surface area contributed by atoms with Crippen molar-refractivity contribution in [3.05, 3.63) is 88.4 Å². The largest absolute Gasteiger partial charge is 0.322 e. The molecule has 0 aliphatic rings. The standard InChI is InChI=1S/C22H16BrN3O/c1-14-13-16(23)11-12-18(14)24-22(27)20-17-9-5-6-10-19(17)25-26-21(20)15-7-3-2-4-8-15/h2-13H,1H3,(H,24,27). The second-order valence-electron chi connectivity index (χ2n) is 6.22. The van der Waals surface area contributed by atoms with Gasteiger partial charge in [-0.3, -0.25) is 4.79 Å². The minimum Gasteiger partial charge on any atom is -0.322 e. The molecule has 1 amide bonds. The van der Waals surface area contributed by atoms with E-state index in [4.69, 9.17) is 0 Å². The maximum Gasteiger partial charge on any atom is 0.258 e. The van der Waals surface area contributed by atoms with Gasteiger partial charge in [-0.05, 0) is 36.8 Å². The van der Waals surface area contributed by atoms with E-state index >= 15 is 0 Å². The van der Waals surface area contributed by atoms with Crippen LogP contribution in [0.4, 0.5) is 5.69 Å². The number of fused-ring (bicyclic) bond motifs is 1. The SMILES string of the molecule is Cc1cc(Br)ccc1NC(=O)c1c(-c2ccccc2)nnc2ccccc12. The summed E-state index contributed by atoms with van der Waals surface area (Å²) < 4.78 is 0.971. The monoisotopic (exact) mass is 417 g/mol. The zero-order valence-electron chi connectivity index (χ0n) is 14.6. The van der Waals surface area contributed by atoms with Crippen molar-refractivity contribution >= 4 is 38.4 Å². The third-order valence-electron chi connectivity index (χ3n) is 4.38. The van der Waals surface area contributed by atoms with Gasteiger partial charge in [-0.2, -0.15) is 0 Å². The summed E-state index contributed by atoms with van der Waals surface area (Å²) in [5.74, 6) is -0.203. The number of carbonyl (C=O) groups excluding carboxylic acids is 1. The van der Waals surface area contributed by atoms with E-state index in [-0.39, 0.29) is 5.91 Å². The van der Waals surface area contributed by atoms with E-state index in [2.05, 4.69) is 31.4 Å². The average Bonchev–Trinajstić information content (AvgIpc) is 2.70. The van der Waals surface area contributed by atoms with Crippen molar-refractivity contribution in [2.24, 2.45) is 0 Å². The molecule has 0 aliphatic heterocycles. The number of aryl methyl sites for hydroxylation is 1. The van der Waals surface area contributed by atoms with Crippen LogP contribution >= 0.6 is 15.9 Å². The number of aromatic nitrogens is 2. The number of amides is 1. The number of anilines is 1. The Labute approximate surface area is 165 Å². The lowest BCUT2D eigenvalue weighted by Crippen LogP contribution is -2.16. The van der Waals surface area contributed by atoms with E-state index in [9.17, 15) is 4.79 Å². The van der Waals surface area contributed by atoms with Crippen molar-refractivity contribution in [2.75, 3.05) is 5.32 Å². The molecule has 5 heteroatoms. The molecule has 4 nitrogen and oxygen atoms in total. The average molecular weight is 418 g/mol. The molecule has 4 aromatic rings. The molecule has 0 fully saturated rings. The maximum atomic E-state index is 13.3. The quantitative estimate of drug-likeness (QED) is 0.470. The molecule has 1 N–H and O–H groups in total. The fourth-order valence-corrected chi connectivity index (χ4v) is 3.51. The van der Waals surface area contributed by atoms with Crippen LogP contribution in [0.5, 0.6) is 0 Å². The predicted molar refractivity (Wildman–Crippen MR) is 112 cm³/mol. The van der Waals surface area contributed by atoms with Crippen molar-refractivity contribution < 1.29 is 4.79 Å². The van der Waals surface area contributed by atoms with Gasteiger partial charge in [0.05, 0.1) is 11.1 Å². The summed E-state index contributed by atoms with van der Waals surface area (Å²) in [5, 5.41) is 12.5. The molecule has 132 valence electrons. The van der Waals surface area contributed by atoms with Gasteiger partial charge in [0.15, 0.2) is 0 Å². The normalized spacial score (nSPS) is 10.7. The summed E-state index contributed by atoms with van der Waals surface area (Å²) in [5.41, 5.74) is 4.38. The Morgan fingerprint density at radius 1 is 0.926 bits per heavy atom. The summed E-state index contributed by atoms with van der Waals surface area (Å²) in [6.07, 6.45) is 0. The van der Waals surface area contributed by atoms with Crippen LogP contribution in [0.1, 0.15) is 15.9 Å². The van der Waals surface area contributed by atoms with Crippen molar-refractivity contribution in [1.29, 1.82) is 0 Å². The molecular formula is C22H16BrN3O. The van der Waals surface area contributed by atoms with Crippen molar-refractivity contribution in [3.63, 3.8) is 0 Å². The van der Waals surface area contributed by atoms with Gasteiger partial charge in [0.25, 0.3) is 5.91 Å². The zero-order valence-corrected chi connectivity index (χ0v) is 16.2. The van der Waals surface area contributed by atoms with E-state index in [1.54, 1.807) is 0 Å². The summed E-state index contributed by atoms with van der Waals surface area (Å²) in [6, 6.07) is 23.0. The molecule has 4 rings (SSSR count). The number of hydrogen-bond acceptors (Lipinski definition) is 3. The molecule has 1 heterocycles. The van der Waals surface area contributed by atoms with Gasteiger partial charge in [-0.25, -0.2) is 0 Å². The lowest BCUT2D eigenvalue weighted by molar-refractivity contribution is 0.102. The van der Waals surface area contributed by atoms with E-state index in [1.807, 2.05) is 79.7 Å². The van der Waals surface area contributed by atoms with E-state index in [1.165, 1.54) is 0 Å². The molecule has 0 unspecified atom stereocenters. The van der Waals surface area contributed by atoms with Gasteiger partial charge in [-0.15, -0.1) is 10.2 Å². The molecule has 0 saturated heterocycles. The predicted octanol–water partition coefficient (Wildman–Crippen LogP) is 5.62. The van der Waals surface area contributed by atoms with Crippen molar-refractivity contribution in [1.82, 2.24) is 10.2 Å². The molecule has 27 heavy (non-hydrogen) atoms. The van der Waals surface area contributed by atoms with Crippen LogP contribution in [0.2, 0.25) is 0 Å². The molecule has 0 aliphatic carbocycles. The molecule has 0 bridgehead atoms. The van der Waals surface area contributed by atoms with Gasteiger partial charge in [0.1, 0.15) is 5.69 Å². The molecule has 0 radical (unpaired) electrons. The Balaban J connectivity index is 1.87. The third-order valence-corrected chi connectivity index (χ3v) is 4.87. The highest BCUT2D eigenvalue weighted by atomic mass is 79.9. The number of carbonyl (C=O) groups is 1. The van der Waals surface area contributed by atoms with Gasteiger partial charge in [0, 0.05) is 21.1 Å². The van der Waals surface area contributed by atoms with Gasteiger partial charge < -0.3 is 5.32 Å². The molecule has 1 aromatic heterocycles. The van der Waals surface area contributed by atoms with E-state index in [0.29, 0.717) is 16.8 Å². The van der Waals surface area contributed by atoms with Gasteiger partial charge in [-0.1, -0.05) is 64.5 Å². The first kappa shape index (κ1) is 17.4. The van der Waals surface area contributed by atoms with Gasteiger partial charge in [0.2, 0.25) is 0 Å². The number of hydrogen-bond donors (Lipinski definition) is 1. The molecule has 0 saturated carbocycles. The highest BCUT2D eigenvalue weighted by Gasteiger charge is 2.19. The second-order valence-corrected chi connectivity index (χ2v) is 7.14. The maximum absolute atomic E-state index is 13.3. The van der Waals surface area contributed by atoms with Crippen LogP contribution in [0.15, 0.2) is 77.3 Å². The Morgan fingerprint density at radius 2 is 1.67 bits per heavy atom. The summed E-state index contributed by atoms with van der Waals surface area (Å²) in [4.78, 5) is 13.3. The number of benzene rings is 3. The molecule has 0 atom stereocenters. The minimum absolute atomic E-state index is 0.203. The van der Waals surface area contributed by atoms with Crippen LogP contribution in [-0.2, 0) is 0 Å². The first-order valence-corrected chi connectivity index (χ1v) is 9.31. The summed E-state index contributed by atoms with van der Waals surface area (Å²) in [6.45, 7) is 1.96. The summed E-state index contributed by atoms with van der Waals surface area (Å²) in [7, 11) is 0. The fraction of sp³-hybridized carbons (Fsp3) is 0.0455. The van der Waals surface area contributed by atoms with Crippen LogP contribution in [0.25, 0.3) is 22.2 Å². The van der Waals surface area contributed by atoms with Crippen LogP contribution in [0.3, 0.4) is 0 Å². The highest BCUT2D eigenvalue weighted by molar-refractivity contribution is 9.10. The molecular weight excluding hydrogens is 402 g/mol. The first-order valence-electron chi connectivity index (χ1n) is 8.52. The van der Waals surface area contributed by atoms with Crippen LogP contribution in [-0.4, -0.2) is 16.1 Å². The van der Waals surface area contributed by atoms with Crippen molar-refractivity contribution in [3.8, 4) is 11.3 Å². The minimum atomic E-state index is -0.203. The summed E-state index contributed by atoms with van der Waals surface area (Å²) >= 11 is 3.45. The van der Waals surface area contributed by atoms with E-state index < -0.39 is 0 Å². The fourth-order valence-electron chi connectivity index (χ4n) is 3.03. The van der Waals surface area contributed by atoms with Crippen molar-refractivity contribution in [2.45, 2.75) is 6.92 Å². The highest BCUT2D eigenvalue weighted by Crippen LogP contribution is 2.28. The number of nitrogens with zero attached hydrogens (tertiary/aromatic N) is 2. The molecule has 0 spiro atoms. The molecule has 3 aromatic carbocycles. The third kappa shape index (κ3) is 3.46. The smallest absolute Gasteiger partial charge is 0.258 e. The first-order chi connectivity index (χ1) is 13.1. The Hall–Kier alpha value is -3.05. The van der Waals surface area contributed by atoms with Gasteiger partial charge >= 0.3 is 0 Å². The number of halogens is 1. The van der Waals surface area contributed by atoms with Crippen LogP contribution in [0, 0.1) is 6.92 Å². The van der Waals surface area contributed by atoms with Crippen LogP contribution < -0.4 is 5.32 Å². The topological polar surface area (TPSA) is 54.9 Å². The zero-order chi connectivity index (χ0) is 18.8.